The lowest BCUT2D eigenvalue weighted by molar-refractivity contribution is -0.383. The molecule has 166 valence electrons. The van der Waals surface area contributed by atoms with E-state index in [2.05, 4.69) is 15.8 Å². The fourth-order valence-electron chi connectivity index (χ4n) is 2.74. The van der Waals surface area contributed by atoms with E-state index >= 15 is 0 Å². The molecule has 2 N–H and O–H groups in total. The number of benzene rings is 2. The zero-order valence-corrected chi connectivity index (χ0v) is 17.9. The SMILES string of the molecule is CCOc1cc(C(=O)N/N=C/c2ccc(NC)c([N+](=O)[O-])c2)cc(OCC)c1OCC. The molecule has 0 spiro atoms. The number of hydrogen-bond acceptors (Lipinski definition) is 8. The van der Waals surface area contributed by atoms with Gasteiger partial charge in [0, 0.05) is 24.2 Å². The molecule has 10 heteroatoms. The zero-order chi connectivity index (χ0) is 22.8. The van der Waals surface area contributed by atoms with Crippen LogP contribution >= 0.6 is 0 Å². The Morgan fingerprint density at radius 3 is 2.19 bits per heavy atom. The summed E-state index contributed by atoms with van der Waals surface area (Å²) in [6, 6.07) is 7.67. The third-order valence-electron chi connectivity index (χ3n) is 4.04. The molecular weight excluding hydrogens is 404 g/mol. The monoisotopic (exact) mass is 430 g/mol. The van der Waals surface area contributed by atoms with E-state index in [1.54, 1.807) is 31.3 Å². The summed E-state index contributed by atoms with van der Waals surface area (Å²) in [6.45, 7) is 6.67. The summed E-state index contributed by atoms with van der Waals surface area (Å²) >= 11 is 0. The van der Waals surface area contributed by atoms with Gasteiger partial charge >= 0.3 is 0 Å². The molecule has 0 radical (unpaired) electrons. The van der Waals surface area contributed by atoms with Crippen LogP contribution in [0.15, 0.2) is 35.4 Å². The fraction of sp³-hybridized carbons (Fsp3) is 0.333. The normalized spacial score (nSPS) is 10.6. The number of nitrogens with zero attached hydrogens (tertiary/aromatic N) is 2. The number of hydrogen-bond donors (Lipinski definition) is 2. The van der Waals surface area contributed by atoms with Gasteiger partial charge in [0.05, 0.1) is 31.0 Å². The first kappa shape index (κ1) is 23.5. The Kier molecular flexibility index (Phi) is 8.62. The molecule has 2 rings (SSSR count). The highest BCUT2D eigenvalue weighted by molar-refractivity contribution is 5.96. The zero-order valence-electron chi connectivity index (χ0n) is 17.9. The van der Waals surface area contributed by atoms with Gasteiger partial charge < -0.3 is 19.5 Å². The largest absolute Gasteiger partial charge is 0.490 e. The van der Waals surface area contributed by atoms with Crippen LogP contribution in [-0.4, -0.2) is 43.9 Å². The molecule has 0 aliphatic carbocycles. The van der Waals surface area contributed by atoms with Crippen molar-refractivity contribution < 1.29 is 23.9 Å². The summed E-state index contributed by atoms with van der Waals surface area (Å²) in [5.41, 5.74) is 3.43. The van der Waals surface area contributed by atoms with Crippen molar-refractivity contribution in [2.75, 3.05) is 32.2 Å². The molecule has 0 aliphatic rings. The third kappa shape index (κ3) is 6.08. The highest BCUT2D eigenvalue weighted by atomic mass is 16.6. The van der Waals surface area contributed by atoms with Crippen molar-refractivity contribution in [3.63, 3.8) is 0 Å². The molecule has 10 nitrogen and oxygen atoms in total. The van der Waals surface area contributed by atoms with Gasteiger partial charge in [-0.2, -0.15) is 5.10 Å². The lowest BCUT2D eigenvalue weighted by Gasteiger charge is -2.16. The van der Waals surface area contributed by atoms with Gasteiger partial charge in [0.2, 0.25) is 5.75 Å². The predicted molar refractivity (Wildman–Crippen MR) is 118 cm³/mol. The molecule has 0 saturated carbocycles. The molecule has 31 heavy (non-hydrogen) atoms. The molecule has 0 saturated heterocycles. The summed E-state index contributed by atoms with van der Waals surface area (Å²) in [5.74, 6) is 0.719. The number of ether oxygens (including phenoxy) is 3. The molecule has 2 aromatic rings. The van der Waals surface area contributed by atoms with Crippen molar-refractivity contribution >= 4 is 23.5 Å². The van der Waals surface area contributed by atoms with Crippen LogP contribution in [0.25, 0.3) is 0 Å². The van der Waals surface area contributed by atoms with Gasteiger partial charge in [-0.05, 0) is 39.0 Å². The van der Waals surface area contributed by atoms with E-state index in [0.717, 1.165) is 0 Å². The van der Waals surface area contributed by atoms with Gasteiger partial charge in [-0.3, -0.25) is 14.9 Å². The summed E-state index contributed by atoms with van der Waals surface area (Å²) in [6.07, 6.45) is 1.33. The summed E-state index contributed by atoms with van der Waals surface area (Å²) < 4.78 is 16.8. The van der Waals surface area contributed by atoms with Crippen molar-refractivity contribution in [1.29, 1.82) is 0 Å². The van der Waals surface area contributed by atoms with Crippen LogP contribution in [0.5, 0.6) is 17.2 Å². The van der Waals surface area contributed by atoms with Crippen LogP contribution < -0.4 is 25.0 Å². The minimum absolute atomic E-state index is 0.0907. The Labute approximate surface area is 180 Å². The average Bonchev–Trinajstić information content (AvgIpc) is 2.75. The molecule has 1 amide bonds. The quantitative estimate of drug-likeness (QED) is 0.317. The van der Waals surface area contributed by atoms with E-state index in [4.69, 9.17) is 14.2 Å². The summed E-state index contributed by atoms with van der Waals surface area (Å²) in [4.78, 5) is 23.3. The maximum absolute atomic E-state index is 12.6. The third-order valence-corrected chi connectivity index (χ3v) is 4.04. The molecule has 0 bridgehead atoms. The summed E-state index contributed by atoms with van der Waals surface area (Å²) in [7, 11) is 1.60. The average molecular weight is 430 g/mol. The van der Waals surface area contributed by atoms with Crippen LogP contribution in [0.3, 0.4) is 0 Å². The molecule has 2 aromatic carbocycles. The van der Waals surface area contributed by atoms with Gasteiger partial charge in [-0.1, -0.05) is 6.07 Å². The first-order chi connectivity index (χ1) is 14.9. The topological polar surface area (TPSA) is 124 Å². The molecule has 0 heterocycles. The van der Waals surface area contributed by atoms with Gasteiger partial charge in [0.15, 0.2) is 11.5 Å². The Morgan fingerprint density at radius 2 is 1.68 bits per heavy atom. The van der Waals surface area contributed by atoms with Crippen molar-refractivity contribution in [3.05, 3.63) is 51.6 Å². The van der Waals surface area contributed by atoms with Crippen LogP contribution in [0.1, 0.15) is 36.7 Å². The minimum Gasteiger partial charge on any atom is -0.490 e. The standard InChI is InChI=1S/C21H26N4O6/c1-5-29-18-11-15(12-19(30-6-2)20(18)31-7-3)21(26)24-23-13-14-8-9-16(22-4)17(10-14)25(27)28/h8-13,22H,5-7H2,1-4H3,(H,24,26)/b23-13+. The second kappa shape index (κ2) is 11.4. The highest BCUT2D eigenvalue weighted by Gasteiger charge is 2.18. The van der Waals surface area contributed by atoms with Gasteiger partial charge in [0.1, 0.15) is 5.69 Å². The lowest BCUT2D eigenvalue weighted by Crippen LogP contribution is -2.18. The van der Waals surface area contributed by atoms with E-state index < -0.39 is 10.8 Å². The maximum atomic E-state index is 12.6. The molecule has 0 unspecified atom stereocenters. The Bertz CT molecular complexity index is 934. The number of carbonyl (C=O) groups is 1. The number of nitro groups is 1. The Morgan fingerprint density at radius 1 is 1.06 bits per heavy atom. The highest BCUT2D eigenvalue weighted by Crippen LogP contribution is 2.39. The minimum atomic E-state index is -0.498. The first-order valence-electron chi connectivity index (χ1n) is 9.81. The maximum Gasteiger partial charge on any atom is 0.292 e. The van der Waals surface area contributed by atoms with Crippen molar-refractivity contribution in [1.82, 2.24) is 5.43 Å². The fourth-order valence-corrected chi connectivity index (χ4v) is 2.74. The van der Waals surface area contributed by atoms with E-state index in [9.17, 15) is 14.9 Å². The van der Waals surface area contributed by atoms with Crippen molar-refractivity contribution in [3.8, 4) is 17.2 Å². The number of nitrogens with one attached hydrogen (secondary N) is 2. The van der Waals surface area contributed by atoms with Crippen molar-refractivity contribution in [2.24, 2.45) is 5.10 Å². The Hall–Kier alpha value is -3.82. The second-order valence-electron chi connectivity index (χ2n) is 6.08. The molecule has 0 atom stereocenters. The van der Waals surface area contributed by atoms with Crippen LogP contribution in [0.4, 0.5) is 11.4 Å². The second-order valence-corrected chi connectivity index (χ2v) is 6.08. The van der Waals surface area contributed by atoms with Crippen LogP contribution in [-0.2, 0) is 0 Å². The predicted octanol–water partition coefficient (Wildman–Crippen LogP) is 3.60. The van der Waals surface area contributed by atoms with E-state index in [0.29, 0.717) is 48.3 Å². The number of carbonyl (C=O) groups excluding carboxylic acids is 1. The van der Waals surface area contributed by atoms with E-state index in [1.807, 2.05) is 20.8 Å². The summed E-state index contributed by atoms with van der Waals surface area (Å²) in [5, 5.41) is 17.8. The Balaban J connectivity index is 2.25. The van der Waals surface area contributed by atoms with Crippen LogP contribution in [0.2, 0.25) is 0 Å². The number of anilines is 1. The van der Waals surface area contributed by atoms with E-state index in [1.165, 1.54) is 12.3 Å². The number of rotatable bonds is 11. The molecule has 0 fully saturated rings. The molecule has 0 aliphatic heterocycles. The van der Waals surface area contributed by atoms with Crippen LogP contribution in [0, 0.1) is 10.1 Å². The first-order valence-corrected chi connectivity index (χ1v) is 9.81. The molecular formula is C21H26N4O6. The van der Waals surface area contributed by atoms with Gasteiger partial charge in [0.25, 0.3) is 11.6 Å². The number of amides is 1. The smallest absolute Gasteiger partial charge is 0.292 e. The van der Waals surface area contributed by atoms with Gasteiger partial charge in [-0.25, -0.2) is 5.43 Å². The van der Waals surface area contributed by atoms with Crippen molar-refractivity contribution in [2.45, 2.75) is 20.8 Å². The number of hydrazone groups is 1. The van der Waals surface area contributed by atoms with E-state index in [-0.39, 0.29) is 11.3 Å². The van der Waals surface area contributed by atoms with Gasteiger partial charge in [-0.15, -0.1) is 0 Å². The number of nitro benzene ring substituents is 1. The lowest BCUT2D eigenvalue weighted by atomic mass is 10.1. The molecule has 0 aromatic heterocycles.